The molecule has 0 unspecified atom stereocenters. The van der Waals surface area contributed by atoms with E-state index in [4.69, 9.17) is 0 Å². The predicted molar refractivity (Wildman–Crippen MR) is 16.9 cm³/mol. The molecule has 2 heteroatoms. The molecule has 0 aliphatic rings. The average Bonchev–Trinajstić information content (AvgIpc) is 1.37. The summed E-state index contributed by atoms with van der Waals surface area (Å²) in [7, 11) is 0. The van der Waals surface area contributed by atoms with Gasteiger partial charge >= 0.3 is 31.6 Å². The molecule has 0 N–H and O–H groups in total. The van der Waals surface area contributed by atoms with Crippen LogP contribution in [0.3, 0.4) is 0 Å². The molecule has 0 rings (SSSR count). The second-order valence-corrected chi connectivity index (χ2v) is 2.31. The Hall–Kier alpha value is 0.358. The van der Waals surface area contributed by atoms with Crippen molar-refractivity contribution in [1.29, 1.82) is 0 Å². The van der Waals surface area contributed by atoms with Crippen LogP contribution in [0.5, 0.6) is 0 Å². The van der Waals surface area contributed by atoms with E-state index in [9.17, 15) is 3.74 Å². The van der Waals surface area contributed by atoms with Gasteiger partial charge in [-0.2, -0.15) is 0 Å². The molecule has 24 valence electrons. The molecule has 0 saturated carbocycles. The average molecular weight is 120 g/mol. The Labute approximate surface area is 32.3 Å². The molecule has 4 heavy (non-hydrogen) atoms. The van der Waals surface area contributed by atoms with Crippen LogP contribution in [0.2, 0.25) is 5.21 Å². The van der Waals surface area contributed by atoms with Gasteiger partial charge in [0.25, 0.3) is 0 Å². The summed E-state index contributed by atoms with van der Waals surface area (Å²) in [6.45, 7) is 1.91. The molecule has 0 amide bonds. The zero-order valence-electron chi connectivity index (χ0n) is 2.56. The van der Waals surface area contributed by atoms with Crippen molar-refractivity contribution >= 4 is 15.7 Å². The first-order valence-electron chi connectivity index (χ1n) is 1.21. The summed E-state index contributed by atoms with van der Waals surface area (Å²) in [6, 6.07) is 0. The van der Waals surface area contributed by atoms with Crippen LogP contribution < -0.4 is 0 Å². The summed E-state index contributed by atoms with van der Waals surface area (Å²) in [4.78, 5) is 0. The van der Waals surface area contributed by atoms with E-state index in [2.05, 4.69) is 0 Å². The standard InChI is InChI=1S/C2H5AsO/c1-2-3-4/h2H2,1H3. The van der Waals surface area contributed by atoms with Gasteiger partial charge in [0.2, 0.25) is 0 Å². The van der Waals surface area contributed by atoms with Gasteiger partial charge in [0.05, 0.1) is 0 Å². The van der Waals surface area contributed by atoms with Crippen LogP contribution in [-0.2, 0) is 3.74 Å². The molecule has 0 aliphatic carbocycles. The SMILES string of the molecule is CC[As]=O. The van der Waals surface area contributed by atoms with Crippen molar-refractivity contribution in [2.24, 2.45) is 0 Å². The van der Waals surface area contributed by atoms with Crippen LogP contribution in [-0.4, -0.2) is 15.7 Å². The van der Waals surface area contributed by atoms with Gasteiger partial charge in [0, 0.05) is 0 Å². The normalized spacial score (nSPS) is 8.25. The third-order valence-electron chi connectivity index (χ3n) is 0.129. The first-order valence-corrected chi connectivity index (χ1v) is 3.30. The fourth-order valence-electron chi connectivity index (χ4n) is 0. The molecular weight excluding hydrogens is 115 g/mol. The van der Waals surface area contributed by atoms with Gasteiger partial charge in [-0.1, -0.05) is 0 Å². The van der Waals surface area contributed by atoms with Gasteiger partial charge < -0.3 is 0 Å². The van der Waals surface area contributed by atoms with E-state index in [-0.39, 0.29) is 0 Å². The zero-order chi connectivity index (χ0) is 3.41. The topological polar surface area (TPSA) is 17.1 Å². The van der Waals surface area contributed by atoms with Crippen molar-refractivity contribution in [3.63, 3.8) is 0 Å². The number of rotatable bonds is 1. The maximum absolute atomic E-state index is 9.39. The third-order valence-corrected chi connectivity index (χ3v) is 0.671. The zero-order valence-corrected chi connectivity index (χ0v) is 4.44. The summed E-state index contributed by atoms with van der Waals surface area (Å²) in [5.41, 5.74) is 0. The van der Waals surface area contributed by atoms with Gasteiger partial charge in [0.1, 0.15) is 0 Å². The Morgan fingerprint density at radius 3 is 2.25 bits per heavy atom. The molecule has 1 nitrogen and oxygen atoms in total. The molecule has 0 aromatic rings. The van der Waals surface area contributed by atoms with Gasteiger partial charge in [-0.15, -0.1) is 0 Å². The molecular formula is C2H5AsO. The van der Waals surface area contributed by atoms with Crippen molar-refractivity contribution < 1.29 is 3.74 Å². The van der Waals surface area contributed by atoms with Gasteiger partial charge in [-0.05, 0) is 0 Å². The van der Waals surface area contributed by atoms with Crippen LogP contribution in [0.1, 0.15) is 6.92 Å². The predicted octanol–water partition coefficient (Wildman–Crippen LogP) is 0.474. The fraction of sp³-hybridized carbons (Fsp3) is 1.00. The summed E-state index contributed by atoms with van der Waals surface area (Å²) >= 11 is -0.535. The third kappa shape index (κ3) is 2.36. The maximum atomic E-state index is 9.39. The summed E-state index contributed by atoms with van der Waals surface area (Å²) in [5, 5.41) is 0.858. The Kier molecular flexibility index (Phi) is 3.66. The van der Waals surface area contributed by atoms with Crippen LogP contribution in [0, 0.1) is 0 Å². The van der Waals surface area contributed by atoms with E-state index in [1.54, 1.807) is 0 Å². The Morgan fingerprint density at radius 1 is 2.00 bits per heavy atom. The monoisotopic (exact) mass is 120 g/mol. The molecule has 0 aromatic carbocycles. The van der Waals surface area contributed by atoms with Crippen molar-refractivity contribution in [2.45, 2.75) is 12.1 Å². The Balaban J connectivity index is 2.30. The molecule has 0 atom stereocenters. The minimum atomic E-state index is -0.535. The van der Waals surface area contributed by atoms with Gasteiger partial charge in [-0.3, -0.25) is 0 Å². The van der Waals surface area contributed by atoms with E-state index in [1.165, 1.54) is 0 Å². The number of hydrogen-bond donors (Lipinski definition) is 0. The van der Waals surface area contributed by atoms with Gasteiger partial charge in [-0.25, -0.2) is 0 Å². The van der Waals surface area contributed by atoms with E-state index >= 15 is 0 Å². The first kappa shape index (κ1) is 4.36. The molecule has 0 bridgehead atoms. The second kappa shape index (κ2) is 3.36. The summed E-state index contributed by atoms with van der Waals surface area (Å²) in [5.74, 6) is 0. The van der Waals surface area contributed by atoms with Crippen molar-refractivity contribution in [1.82, 2.24) is 0 Å². The van der Waals surface area contributed by atoms with Crippen LogP contribution >= 0.6 is 0 Å². The van der Waals surface area contributed by atoms with Crippen LogP contribution in [0.4, 0.5) is 0 Å². The molecule has 0 heterocycles. The molecule has 0 fully saturated rings. The minimum absolute atomic E-state index is 0.535. The Morgan fingerprint density at radius 2 is 2.25 bits per heavy atom. The quantitative estimate of drug-likeness (QED) is 0.460. The Bertz CT molecular complexity index is 20.0. The van der Waals surface area contributed by atoms with Crippen molar-refractivity contribution in [2.75, 3.05) is 0 Å². The molecule has 0 saturated heterocycles. The van der Waals surface area contributed by atoms with Gasteiger partial charge in [0.15, 0.2) is 0 Å². The summed E-state index contributed by atoms with van der Waals surface area (Å²) < 4.78 is 9.39. The molecule has 0 aliphatic heterocycles. The number of hydrogen-bond acceptors (Lipinski definition) is 1. The molecule has 0 spiro atoms. The fourth-order valence-corrected chi connectivity index (χ4v) is 0. The van der Waals surface area contributed by atoms with Crippen LogP contribution in [0.25, 0.3) is 0 Å². The molecule has 0 aromatic heterocycles. The van der Waals surface area contributed by atoms with E-state index in [1.807, 2.05) is 6.92 Å². The van der Waals surface area contributed by atoms with Crippen LogP contribution in [0.15, 0.2) is 0 Å². The second-order valence-electron chi connectivity index (χ2n) is 0.445. The van der Waals surface area contributed by atoms with E-state index in [0.29, 0.717) is 0 Å². The van der Waals surface area contributed by atoms with Crippen molar-refractivity contribution in [3.8, 4) is 0 Å². The van der Waals surface area contributed by atoms with Crippen molar-refractivity contribution in [3.05, 3.63) is 0 Å². The first-order chi connectivity index (χ1) is 1.91. The van der Waals surface area contributed by atoms with E-state index < -0.39 is 15.7 Å². The summed E-state index contributed by atoms with van der Waals surface area (Å²) in [6.07, 6.45) is 0. The molecule has 0 radical (unpaired) electrons. The van der Waals surface area contributed by atoms with E-state index in [0.717, 1.165) is 5.21 Å².